The van der Waals surface area contributed by atoms with Crippen LogP contribution < -0.4 is 14.4 Å². The fourth-order valence-corrected chi connectivity index (χ4v) is 6.68. The first-order valence-electron chi connectivity index (χ1n) is 13.5. The molecule has 0 spiro atoms. The second-order valence-corrected chi connectivity index (χ2v) is 13.2. The summed E-state index contributed by atoms with van der Waals surface area (Å²) in [6.45, 7) is 1.06. The Kier molecular flexibility index (Phi) is 10.6. The third-order valence-corrected chi connectivity index (χ3v) is 10.0. The number of methoxy groups -OCH3 is 1. The van der Waals surface area contributed by atoms with Crippen LogP contribution in [0.25, 0.3) is 0 Å². The number of halogens is 3. The first-order chi connectivity index (χ1) is 20.0. The molecular weight excluding hydrogens is 621 g/mol. The van der Waals surface area contributed by atoms with Crippen molar-refractivity contribution in [2.75, 3.05) is 18.0 Å². The van der Waals surface area contributed by atoms with Gasteiger partial charge in [-0.1, -0.05) is 53.7 Å². The zero-order valence-corrected chi connectivity index (χ0v) is 26.3. The standard InChI is InChI=1S/C30H32Cl3N3O5S/c1-20(30(38)34-23-5-3-4-6-23)35(18-21-7-16-27(32)28(33)17-21)29(37)19-36(24-10-8-22(31)9-11-24)42(39,40)26-14-12-25(41-2)13-15-26/h7-17,20,23H,3-6,18-19H2,1-2H3,(H,34,38). The van der Waals surface area contributed by atoms with Gasteiger partial charge >= 0.3 is 0 Å². The van der Waals surface area contributed by atoms with Crippen molar-refractivity contribution < 1.29 is 22.7 Å². The maximum atomic E-state index is 14.0. The third kappa shape index (κ3) is 7.69. The number of hydrogen-bond acceptors (Lipinski definition) is 5. The predicted octanol–water partition coefficient (Wildman–Crippen LogP) is 6.33. The number of carbonyl (C=O) groups excluding carboxylic acids is 2. The summed E-state index contributed by atoms with van der Waals surface area (Å²) >= 11 is 18.4. The maximum absolute atomic E-state index is 14.0. The molecule has 0 radical (unpaired) electrons. The smallest absolute Gasteiger partial charge is 0.264 e. The van der Waals surface area contributed by atoms with Gasteiger partial charge in [0.1, 0.15) is 18.3 Å². The van der Waals surface area contributed by atoms with Gasteiger partial charge in [-0.15, -0.1) is 0 Å². The summed E-state index contributed by atoms with van der Waals surface area (Å²) < 4.78 is 34.0. The number of anilines is 1. The summed E-state index contributed by atoms with van der Waals surface area (Å²) in [6, 6.07) is 16.1. The number of benzene rings is 3. The Balaban J connectivity index is 1.69. The van der Waals surface area contributed by atoms with Crippen molar-refractivity contribution >= 4 is 62.3 Å². The van der Waals surface area contributed by atoms with Crippen molar-refractivity contribution in [3.63, 3.8) is 0 Å². The van der Waals surface area contributed by atoms with Crippen LogP contribution in [0.2, 0.25) is 15.1 Å². The quantitative estimate of drug-likeness (QED) is 0.261. The lowest BCUT2D eigenvalue weighted by atomic mass is 10.1. The second kappa shape index (κ2) is 14.0. The van der Waals surface area contributed by atoms with Gasteiger partial charge in [0.05, 0.1) is 27.7 Å². The van der Waals surface area contributed by atoms with Gasteiger partial charge in [-0.05, 0) is 86.0 Å². The molecule has 0 heterocycles. The fourth-order valence-electron chi connectivity index (χ4n) is 4.82. The zero-order valence-electron chi connectivity index (χ0n) is 23.2. The molecule has 1 aliphatic carbocycles. The van der Waals surface area contributed by atoms with Crippen LogP contribution in [0.1, 0.15) is 38.2 Å². The number of carbonyl (C=O) groups is 2. The molecule has 0 aliphatic heterocycles. The number of amides is 2. The van der Waals surface area contributed by atoms with Gasteiger partial charge in [-0.25, -0.2) is 8.42 Å². The largest absolute Gasteiger partial charge is 0.497 e. The highest BCUT2D eigenvalue weighted by atomic mass is 35.5. The van der Waals surface area contributed by atoms with E-state index in [-0.39, 0.29) is 29.1 Å². The Morgan fingerprint density at radius 2 is 1.60 bits per heavy atom. The Bertz CT molecular complexity index is 1510. The van der Waals surface area contributed by atoms with Crippen LogP contribution in [0.3, 0.4) is 0 Å². The summed E-state index contributed by atoms with van der Waals surface area (Å²) in [4.78, 5) is 28.7. The van der Waals surface area contributed by atoms with E-state index in [2.05, 4.69) is 5.32 Å². The van der Waals surface area contributed by atoms with Gasteiger partial charge < -0.3 is 15.0 Å². The van der Waals surface area contributed by atoms with E-state index in [1.807, 2.05) is 0 Å². The fraction of sp³-hybridized carbons (Fsp3) is 0.333. The molecule has 0 bridgehead atoms. The highest BCUT2D eigenvalue weighted by molar-refractivity contribution is 7.92. The highest BCUT2D eigenvalue weighted by Gasteiger charge is 2.33. The Labute approximate surface area is 261 Å². The van der Waals surface area contributed by atoms with Crippen molar-refractivity contribution in [3.05, 3.63) is 87.4 Å². The Hall–Kier alpha value is -2.98. The van der Waals surface area contributed by atoms with Crippen molar-refractivity contribution in [1.82, 2.24) is 10.2 Å². The lowest BCUT2D eigenvalue weighted by molar-refractivity contribution is -0.139. The molecule has 0 aromatic heterocycles. The molecule has 12 heteroatoms. The minimum atomic E-state index is -4.22. The molecule has 1 atom stereocenters. The molecule has 2 amide bonds. The summed E-state index contributed by atoms with van der Waals surface area (Å²) in [5.74, 6) is -0.411. The van der Waals surface area contributed by atoms with E-state index in [0.717, 1.165) is 30.0 Å². The van der Waals surface area contributed by atoms with Gasteiger partial charge in [0.15, 0.2) is 0 Å². The molecule has 1 aliphatic rings. The summed E-state index contributed by atoms with van der Waals surface area (Å²) in [5, 5.41) is 4.10. The highest BCUT2D eigenvalue weighted by Crippen LogP contribution is 2.28. The van der Waals surface area contributed by atoms with Crippen molar-refractivity contribution in [2.45, 2.75) is 56.1 Å². The van der Waals surface area contributed by atoms with Crippen LogP contribution in [0.15, 0.2) is 71.6 Å². The second-order valence-electron chi connectivity index (χ2n) is 10.1. The van der Waals surface area contributed by atoms with Crippen molar-refractivity contribution in [3.8, 4) is 5.75 Å². The van der Waals surface area contributed by atoms with E-state index in [1.54, 1.807) is 37.3 Å². The molecule has 0 saturated heterocycles. The molecule has 1 N–H and O–H groups in total. The minimum absolute atomic E-state index is 0.00597. The van der Waals surface area contributed by atoms with E-state index in [0.29, 0.717) is 26.4 Å². The topological polar surface area (TPSA) is 96.0 Å². The van der Waals surface area contributed by atoms with Gasteiger partial charge in [0, 0.05) is 17.6 Å². The summed E-state index contributed by atoms with van der Waals surface area (Å²) in [7, 11) is -2.74. The van der Waals surface area contributed by atoms with Gasteiger partial charge in [0.2, 0.25) is 11.8 Å². The first-order valence-corrected chi connectivity index (χ1v) is 16.0. The van der Waals surface area contributed by atoms with Crippen LogP contribution >= 0.6 is 34.8 Å². The lowest BCUT2D eigenvalue weighted by Gasteiger charge is -2.32. The van der Waals surface area contributed by atoms with E-state index in [4.69, 9.17) is 39.5 Å². The molecule has 1 unspecified atom stereocenters. The normalized spacial score (nSPS) is 14.3. The molecule has 3 aromatic carbocycles. The Morgan fingerprint density at radius 3 is 2.19 bits per heavy atom. The number of rotatable bonds is 11. The SMILES string of the molecule is COc1ccc(S(=O)(=O)N(CC(=O)N(Cc2ccc(Cl)c(Cl)c2)C(C)C(=O)NC2CCCC2)c2ccc(Cl)cc2)cc1. The van der Waals surface area contributed by atoms with Crippen LogP contribution in [0.4, 0.5) is 5.69 Å². The van der Waals surface area contributed by atoms with Crippen LogP contribution in [-0.2, 0) is 26.2 Å². The van der Waals surface area contributed by atoms with E-state index in [9.17, 15) is 18.0 Å². The number of nitrogens with one attached hydrogen (secondary N) is 1. The monoisotopic (exact) mass is 651 g/mol. The number of ether oxygens (including phenoxy) is 1. The Morgan fingerprint density at radius 1 is 0.952 bits per heavy atom. The third-order valence-electron chi connectivity index (χ3n) is 7.25. The molecule has 4 rings (SSSR count). The lowest BCUT2D eigenvalue weighted by Crippen LogP contribution is -2.52. The number of nitrogens with zero attached hydrogens (tertiary/aromatic N) is 2. The average Bonchev–Trinajstić information content (AvgIpc) is 3.49. The summed E-state index contributed by atoms with van der Waals surface area (Å²) in [6.07, 6.45) is 3.82. The van der Waals surface area contributed by atoms with Crippen molar-refractivity contribution in [2.24, 2.45) is 0 Å². The van der Waals surface area contributed by atoms with Crippen molar-refractivity contribution in [1.29, 1.82) is 0 Å². The average molecular weight is 653 g/mol. The molecule has 1 saturated carbocycles. The van der Waals surface area contributed by atoms with E-state index < -0.39 is 28.5 Å². The molecule has 1 fully saturated rings. The van der Waals surface area contributed by atoms with E-state index in [1.165, 1.54) is 48.4 Å². The van der Waals surface area contributed by atoms with Gasteiger partial charge in [-0.2, -0.15) is 0 Å². The zero-order chi connectivity index (χ0) is 30.4. The maximum Gasteiger partial charge on any atom is 0.264 e. The van der Waals surface area contributed by atoms with E-state index >= 15 is 0 Å². The predicted molar refractivity (Wildman–Crippen MR) is 166 cm³/mol. The first kappa shape index (κ1) is 31.9. The minimum Gasteiger partial charge on any atom is -0.497 e. The number of hydrogen-bond donors (Lipinski definition) is 1. The molecule has 224 valence electrons. The number of sulfonamides is 1. The van der Waals surface area contributed by atoms with Crippen LogP contribution in [-0.4, -0.2) is 50.9 Å². The molecular formula is C30H32Cl3N3O5S. The summed E-state index contributed by atoms with van der Waals surface area (Å²) in [5.41, 5.74) is 0.871. The molecule has 8 nitrogen and oxygen atoms in total. The van der Waals surface area contributed by atoms with Crippen LogP contribution in [0, 0.1) is 0 Å². The molecule has 42 heavy (non-hydrogen) atoms. The molecule has 3 aromatic rings. The van der Waals surface area contributed by atoms with Gasteiger partial charge in [0.25, 0.3) is 10.0 Å². The van der Waals surface area contributed by atoms with Crippen LogP contribution in [0.5, 0.6) is 5.75 Å². The van der Waals surface area contributed by atoms with Gasteiger partial charge in [-0.3, -0.25) is 13.9 Å².